The van der Waals surface area contributed by atoms with Gasteiger partial charge in [-0.3, -0.25) is 14.5 Å². The number of nitrogens with zero attached hydrogens (tertiary/aromatic N) is 1. The van der Waals surface area contributed by atoms with Gasteiger partial charge in [0.2, 0.25) is 5.91 Å². The zero-order valence-electron chi connectivity index (χ0n) is 13.4. The van der Waals surface area contributed by atoms with E-state index >= 15 is 0 Å². The molecule has 0 spiro atoms. The lowest BCUT2D eigenvalue weighted by molar-refractivity contribution is -0.146. The molecule has 0 saturated carbocycles. The fraction of sp³-hybridized carbons (Fsp3) is 0.529. The Morgan fingerprint density at radius 1 is 1.32 bits per heavy atom. The van der Waals surface area contributed by atoms with Crippen LogP contribution < -0.4 is 5.32 Å². The van der Waals surface area contributed by atoms with Crippen molar-refractivity contribution in [3.05, 3.63) is 29.3 Å². The van der Waals surface area contributed by atoms with Crippen molar-refractivity contribution in [2.45, 2.75) is 52.1 Å². The number of aliphatic carboxylic acids is 1. The van der Waals surface area contributed by atoms with E-state index in [9.17, 15) is 14.7 Å². The van der Waals surface area contributed by atoms with Crippen molar-refractivity contribution in [3.63, 3.8) is 0 Å². The average Bonchev–Trinajstić information content (AvgIpc) is 2.51. The lowest BCUT2D eigenvalue weighted by atomic mass is 10.00. The number of carboxylic acid groups (broad SMARTS) is 1. The van der Waals surface area contributed by atoms with Crippen LogP contribution >= 0.6 is 0 Å². The molecule has 1 heterocycles. The van der Waals surface area contributed by atoms with Crippen molar-refractivity contribution in [2.75, 3.05) is 11.9 Å². The van der Waals surface area contributed by atoms with Gasteiger partial charge in [-0.15, -0.1) is 0 Å². The number of anilines is 1. The molecule has 1 aromatic carbocycles. The SMILES string of the molecule is Cc1cccc(NC(=O)C(C)N2CCCCC2C(=O)O)c1C. The largest absolute Gasteiger partial charge is 0.480 e. The summed E-state index contributed by atoms with van der Waals surface area (Å²) in [5.74, 6) is -0.993. The third kappa shape index (κ3) is 3.47. The number of rotatable bonds is 4. The maximum atomic E-state index is 12.5. The number of carboxylic acids is 1. The summed E-state index contributed by atoms with van der Waals surface area (Å²) in [6.07, 6.45) is 2.44. The molecule has 1 fully saturated rings. The maximum Gasteiger partial charge on any atom is 0.320 e. The van der Waals surface area contributed by atoms with E-state index in [1.54, 1.807) is 11.8 Å². The van der Waals surface area contributed by atoms with Gasteiger partial charge in [0.15, 0.2) is 0 Å². The van der Waals surface area contributed by atoms with Gasteiger partial charge in [0.25, 0.3) is 0 Å². The number of piperidine rings is 1. The van der Waals surface area contributed by atoms with Gasteiger partial charge in [0.05, 0.1) is 6.04 Å². The van der Waals surface area contributed by atoms with E-state index in [0.29, 0.717) is 13.0 Å². The predicted octanol–water partition coefficient (Wildman–Crippen LogP) is 2.57. The number of benzene rings is 1. The number of amides is 1. The first-order valence-corrected chi connectivity index (χ1v) is 7.77. The summed E-state index contributed by atoms with van der Waals surface area (Å²) in [7, 11) is 0. The minimum absolute atomic E-state index is 0.151. The minimum atomic E-state index is -0.842. The summed E-state index contributed by atoms with van der Waals surface area (Å²) >= 11 is 0. The first-order valence-electron chi connectivity index (χ1n) is 7.77. The molecule has 0 aromatic heterocycles. The Balaban J connectivity index is 2.11. The molecule has 0 radical (unpaired) electrons. The van der Waals surface area contributed by atoms with E-state index in [0.717, 1.165) is 29.7 Å². The summed E-state index contributed by atoms with van der Waals surface area (Å²) in [5, 5.41) is 12.3. The van der Waals surface area contributed by atoms with Crippen molar-refractivity contribution in [2.24, 2.45) is 0 Å². The lowest BCUT2D eigenvalue weighted by Gasteiger charge is -2.36. The quantitative estimate of drug-likeness (QED) is 0.897. The standard InChI is InChI=1S/C17H24N2O3/c1-11-7-6-8-14(12(11)2)18-16(20)13(3)19-10-5-4-9-15(19)17(21)22/h6-8,13,15H,4-5,9-10H2,1-3H3,(H,18,20)(H,21,22). The topological polar surface area (TPSA) is 69.6 Å². The smallest absolute Gasteiger partial charge is 0.320 e. The monoisotopic (exact) mass is 304 g/mol. The molecule has 2 atom stereocenters. The number of hydrogen-bond donors (Lipinski definition) is 2. The molecule has 5 heteroatoms. The zero-order valence-corrected chi connectivity index (χ0v) is 13.4. The molecule has 1 aliphatic rings. The number of likely N-dealkylation sites (tertiary alicyclic amines) is 1. The van der Waals surface area contributed by atoms with Gasteiger partial charge in [-0.2, -0.15) is 0 Å². The maximum absolute atomic E-state index is 12.5. The van der Waals surface area contributed by atoms with E-state index in [1.807, 2.05) is 32.0 Å². The molecule has 2 rings (SSSR count). The Morgan fingerprint density at radius 3 is 2.73 bits per heavy atom. The fourth-order valence-corrected chi connectivity index (χ4v) is 2.96. The summed E-state index contributed by atoms with van der Waals surface area (Å²) in [6.45, 7) is 6.40. The van der Waals surface area contributed by atoms with E-state index in [-0.39, 0.29) is 5.91 Å². The van der Waals surface area contributed by atoms with Crippen LogP contribution in [0.15, 0.2) is 18.2 Å². The molecule has 2 N–H and O–H groups in total. The van der Waals surface area contributed by atoms with Crippen LogP contribution in [0.2, 0.25) is 0 Å². The molecular formula is C17H24N2O3. The molecular weight excluding hydrogens is 280 g/mol. The van der Waals surface area contributed by atoms with Crippen LogP contribution in [0.1, 0.15) is 37.3 Å². The third-order valence-electron chi connectivity index (χ3n) is 4.57. The van der Waals surface area contributed by atoms with Crippen molar-refractivity contribution >= 4 is 17.6 Å². The second kappa shape index (κ2) is 6.92. The van der Waals surface area contributed by atoms with Gasteiger partial charge in [-0.25, -0.2) is 0 Å². The van der Waals surface area contributed by atoms with Crippen molar-refractivity contribution in [1.82, 2.24) is 4.90 Å². The van der Waals surface area contributed by atoms with Crippen LogP contribution in [0, 0.1) is 13.8 Å². The number of carbonyl (C=O) groups excluding carboxylic acids is 1. The zero-order chi connectivity index (χ0) is 16.3. The van der Waals surface area contributed by atoms with Gasteiger partial charge in [-0.1, -0.05) is 18.6 Å². The highest BCUT2D eigenvalue weighted by Crippen LogP contribution is 2.22. The molecule has 1 aromatic rings. The van der Waals surface area contributed by atoms with Crippen LogP contribution in [0.5, 0.6) is 0 Å². The van der Waals surface area contributed by atoms with Crippen molar-refractivity contribution in [1.29, 1.82) is 0 Å². The number of hydrogen-bond acceptors (Lipinski definition) is 3. The average molecular weight is 304 g/mol. The molecule has 1 saturated heterocycles. The highest BCUT2D eigenvalue weighted by molar-refractivity contribution is 5.95. The Kier molecular flexibility index (Phi) is 5.19. The molecule has 22 heavy (non-hydrogen) atoms. The fourth-order valence-electron chi connectivity index (χ4n) is 2.96. The number of aryl methyl sites for hydroxylation is 1. The van der Waals surface area contributed by atoms with E-state index in [1.165, 1.54) is 0 Å². The highest BCUT2D eigenvalue weighted by Gasteiger charge is 2.34. The first kappa shape index (κ1) is 16.5. The molecule has 1 amide bonds. The molecule has 1 aliphatic heterocycles. The Bertz CT molecular complexity index is 571. The highest BCUT2D eigenvalue weighted by atomic mass is 16.4. The Labute approximate surface area is 131 Å². The van der Waals surface area contributed by atoms with Crippen LogP contribution in [0.3, 0.4) is 0 Å². The van der Waals surface area contributed by atoms with Gasteiger partial charge in [-0.05, 0) is 57.4 Å². The molecule has 2 unspecified atom stereocenters. The van der Waals surface area contributed by atoms with Gasteiger partial charge >= 0.3 is 5.97 Å². The van der Waals surface area contributed by atoms with Crippen LogP contribution in [-0.4, -0.2) is 40.5 Å². The molecule has 5 nitrogen and oxygen atoms in total. The van der Waals surface area contributed by atoms with E-state index < -0.39 is 18.1 Å². The number of carbonyl (C=O) groups is 2. The van der Waals surface area contributed by atoms with Crippen LogP contribution in [-0.2, 0) is 9.59 Å². The summed E-state index contributed by atoms with van der Waals surface area (Å²) in [5.41, 5.74) is 2.95. The summed E-state index contributed by atoms with van der Waals surface area (Å²) in [6, 6.07) is 4.76. The van der Waals surface area contributed by atoms with Crippen molar-refractivity contribution in [3.8, 4) is 0 Å². The van der Waals surface area contributed by atoms with Gasteiger partial charge in [0.1, 0.15) is 6.04 Å². The predicted molar refractivity (Wildman–Crippen MR) is 86.0 cm³/mol. The van der Waals surface area contributed by atoms with E-state index in [4.69, 9.17) is 0 Å². The second-order valence-corrected chi connectivity index (χ2v) is 6.00. The van der Waals surface area contributed by atoms with Gasteiger partial charge < -0.3 is 10.4 Å². The third-order valence-corrected chi connectivity index (χ3v) is 4.57. The Hall–Kier alpha value is -1.88. The van der Waals surface area contributed by atoms with E-state index in [2.05, 4.69) is 5.32 Å². The summed E-state index contributed by atoms with van der Waals surface area (Å²) in [4.78, 5) is 25.7. The Morgan fingerprint density at radius 2 is 2.05 bits per heavy atom. The normalized spacial score (nSPS) is 20.4. The molecule has 120 valence electrons. The lowest BCUT2D eigenvalue weighted by Crippen LogP contribution is -2.53. The first-order chi connectivity index (χ1) is 10.4. The summed E-state index contributed by atoms with van der Waals surface area (Å²) < 4.78 is 0. The van der Waals surface area contributed by atoms with Crippen LogP contribution in [0.4, 0.5) is 5.69 Å². The molecule has 0 bridgehead atoms. The van der Waals surface area contributed by atoms with Gasteiger partial charge in [0, 0.05) is 5.69 Å². The minimum Gasteiger partial charge on any atom is -0.480 e. The van der Waals surface area contributed by atoms with Crippen molar-refractivity contribution < 1.29 is 14.7 Å². The molecule has 0 aliphatic carbocycles. The second-order valence-electron chi connectivity index (χ2n) is 6.00. The number of nitrogens with one attached hydrogen (secondary N) is 1. The van der Waals surface area contributed by atoms with Crippen LogP contribution in [0.25, 0.3) is 0 Å².